The number of carbonyl (C=O) groups is 1. The van der Waals surface area contributed by atoms with Crippen molar-refractivity contribution in [2.75, 3.05) is 7.11 Å². The zero-order valence-corrected chi connectivity index (χ0v) is 7.84. The molecule has 48 valence electrons. The molecule has 9 heavy (non-hydrogen) atoms. The number of allylic oxidation sites excluding steroid dienone is 1. The monoisotopic (exact) mass is 140 g/mol. The van der Waals surface area contributed by atoms with Crippen LogP contribution in [0.1, 0.15) is 8.35 Å². The van der Waals surface area contributed by atoms with Crippen molar-refractivity contribution in [3.05, 3.63) is 12.0 Å². The van der Waals surface area contributed by atoms with Crippen molar-refractivity contribution in [1.82, 2.24) is 0 Å². The predicted molar refractivity (Wildman–Crippen MR) is 29.5 cm³/mol. The Morgan fingerprint density at radius 3 is 2.22 bits per heavy atom. The second-order valence-corrected chi connectivity index (χ2v) is 1.25. The molecule has 4 heteroatoms. The summed E-state index contributed by atoms with van der Waals surface area (Å²) in [5.41, 5.74) is 0. The number of aliphatic hydroxyl groups excluding tert-OH is 1. The Morgan fingerprint density at radius 2 is 2.22 bits per heavy atom. The Bertz CT molecular complexity index is 124. The van der Waals surface area contributed by atoms with Crippen LogP contribution in [0.25, 0.3) is 0 Å². The third-order valence-corrected chi connectivity index (χ3v) is 0.684. The van der Waals surface area contributed by atoms with E-state index in [1.807, 2.05) is 0 Å². The first-order valence-electron chi connectivity index (χ1n) is 2.11. The van der Waals surface area contributed by atoms with Crippen LogP contribution < -0.4 is 29.6 Å². The molecule has 0 radical (unpaired) electrons. The van der Waals surface area contributed by atoms with Crippen LogP contribution in [0.5, 0.6) is 0 Å². The summed E-state index contributed by atoms with van der Waals surface area (Å²) in [6.45, 7) is 1.31. The van der Waals surface area contributed by atoms with E-state index in [9.17, 15) is 4.79 Å². The van der Waals surface area contributed by atoms with Gasteiger partial charge in [0.2, 0.25) is 0 Å². The van der Waals surface area contributed by atoms with Crippen LogP contribution in [-0.4, -0.2) is 18.0 Å². The zero-order chi connectivity index (χ0) is 6.57. The average Bonchev–Trinajstić information content (AvgIpc) is 1.69. The van der Waals surface area contributed by atoms with Crippen molar-refractivity contribution < 1.29 is 45.6 Å². The molecular formula is C5H9NaO3. The minimum Gasteiger partial charge on any atom is -1.00 e. The normalized spacial score (nSPS) is 9.78. The van der Waals surface area contributed by atoms with E-state index >= 15 is 0 Å². The van der Waals surface area contributed by atoms with E-state index < -0.39 is 0 Å². The van der Waals surface area contributed by atoms with Crippen molar-refractivity contribution in [1.29, 1.82) is 0 Å². The molecule has 0 aromatic carbocycles. The van der Waals surface area contributed by atoms with Gasteiger partial charge in [0.1, 0.15) is 6.26 Å². The molecule has 0 fully saturated rings. The summed E-state index contributed by atoms with van der Waals surface area (Å²) in [4.78, 5) is 10.3. The van der Waals surface area contributed by atoms with Crippen LogP contribution in [0.4, 0.5) is 0 Å². The smallest absolute Gasteiger partial charge is 1.00 e. The summed E-state index contributed by atoms with van der Waals surface area (Å²) >= 11 is 0. The molecule has 0 amide bonds. The van der Waals surface area contributed by atoms with Gasteiger partial charge in [0.05, 0.1) is 7.11 Å². The summed E-state index contributed by atoms with van der Waals surface area (Å²) in [5.74, 6) is -0.306. The topological polar surface area (TPSA) is 46.5 Å². The van der Waals surface area contributed by atoms with Crippen LogP contribution >= 0.6 is 0 Å². The molecule has 0 saturated heterocycles. The van der Waals surface area contributed by atoms with Gasteiger partial charge in [0, 0.05) is 6.92 Å². The van der Waals surface area contributed by atoms with Crippen LogP contribution in [0, 0.1) is 0 Å². The number of Topliss-reactive ketones (excluding diaryl/α,β-unsaturated/α-hetero) is 1. The average molecular weight is 140 g/mol. The van der Waals surface area contributed by atoms with Crippen LogP contribution in [-0.2, 0) is 9.53 Å². The van der Waals surface area contributed by atoms with Crippen LogP contribution in [0.2, 0.25) is 0 Å². The fourth-order valence-corrected chi connectivity index (χ4v) is 0.287. The summed E-state index contributed by atoms with van der Waals surface area (Å²) in [5, 5.41) is 8.19. The van der Waals surface area contributed by atoms with Gasteiger partial charge >= 0.3 is 29.6 Å². The molecule has 0 saturated carbocycles. The maximum absolute atomic E-state index is 10.3. The second kappa shape index (κ2) is 6.13. The Balaban J connectivity index is -0.000000245. The minimum absolute atomic E-state index is 0. The van der Waals surface area contributed by atoms with Crippen molar-refractivity contribution in [3.63, 3.8) is 0 Å². The number of hydrogen-bond donors (Lipinski definition) is 1. The van der Waals surface area contributed by atoms with Crippen molar-refractivity contribution >= 4 is 5.78 Å². The van der Waals surface area contributed by atoms with Gasteiger partial charge in [-0.2, -0.15) is 0 Å². The molecule has 0 aliphatic carbocycles. The van der Waals surface area contributed by atoms with Gasteiger partial charge in [-0.1, -0.05) is 0 Å². The second-order valence-electron chi connectivity index (χ2n) is 1.25. The Morgan fingerprint density at radius 1 is 1.78 bits per heavy atom. The van der Waals surface area contributed by atoms with E-state index in [-0.39, 0.29) is 42.5 Å². The van der Waals surface area contributed by atoms with Gasteiger partial charge in [-0.3, -0.25) is 4.79 Å². The zero-order valence-electron chi connectivity index (χ0n) is 6.84. The van der Waals surface area contributed by atoms with Gasteiger partial charge in [-0.05, 0) is 0 Å². The number of rotatable bonds is 2. The third-order valence-electron chi connectivity index (χ3n) is 0.684. The van der Waals surface area contributed by atoms with Crippen molar-refractivity contribution in [2.45, 2.75) is 6.92 Å². The summed E-state index contributed by atoms with van der Waals surface area (Å²) in [7, 11) is 1.32. The summed E-state index contributed by atoms with van der Waals surface area (Å²) < 4.78 is 4.42. The number of ether oxygens (including phenoxy) is 1. The van der Waals surface area contributed by atoms with Gasteiger partial charge in [-0.15, -0.1) is 0 Å². The van der Waals surface area contributed by atoms with E-state index in [1.54, 1.807) is 0 Å². The van der Waals surface area contributed by atoms with E-state index in [2.05, 4.69) is 4.74 Å². The maximum atomic E-state index is 10.3. The molecule has 0 atom stereocenters. The van der Waals surface area contributed by atoms with Crippen molar-refractivity contribution in [2.24, 2.45) is 0 Å². The first-order chi connectivity index (χ1) is 3.72. The molecule has 3 nitrogen and oxygen atoms in total. The number of ketones is 1. The fourth-order valence-electron chi connectivity index (χ4n) is 0.287. The number of aliphatic hydroxyl groups is 1. The van der Waals surface area contributed by atoms with E-state index in [0.29, 0.717) is 6.26 Å². The largest absolute Gasteiger partial charge is 1.00 e. The molecule has 0 spiro atoms. The van der Waals surface area contributed by atoms with Gasteiger partial charge in [-0.25, -0.2) is 0 Å². The first kappa shape index (κ1) is 11.8. The van der Waals surface area contributed by atoms with Crippen LogP contribution in [0.15, 0.2) is 12.0 Å². The Kier molecular flexibility index (Phi) is 8.02. The summed E-state index contributed by atoms with van der Waals surface area (Å²) in [6.07, 6.45) is 0.641. The third kappa shape index (κ3) is 4.51. The molecule has 1 N–H and O–H groups in total. The Hall–Kier alpha value is 0.0100. The predicted octanol–water partition coefficient (Wildman–Crippen LogP) is -2.26. The maximum Gasteiger partial charge on any atom is 1.00 e. The molecule has 0 aliphatic heterocycles. The van der Waals surface area contributed by atoms with E-state index in [4.69, 9.17) is 5.11 Å². The molecule has 0 aliphatic rings. The molecule has 0 unspecified atom stereocenters. The number of hydrogen-bond acceptors (Lipinski definition) is 3. The minimum atomic E-state index is -0.282. The SMILES string of the molecule is CO/C(=C\O)C(C)=O.[H-].[Na+]. The molecule has 0 aromatic rings. The van der Waals surface area contributed by atoms with Gasteiger partial charge in [0.25, 0.3) is 0 Å². The van der Waals surface area contributed by atoms with Crippen LogP contribution in [0.3, 0.4) is 0 Å². The first-order valence-corrected chi connectivity index (χ1v) is 2.11. The number of carbonyl (C=O) groups excluding carboxylic acids is 1. The van der Waals surface area contributed by atoms with Crippen molar-refractivity contribution in [3.8, 4) is 0 Å². The van der Waals surface area contributed by atoms with Gasteiger partial charge < -0.3 is 11.3 Å². The molecule has 0 bridgehead atoms. The standard InChI is InChI=1S/C5H8O3.Na.H/c1-4(7)5(3-6)8-2;;/h3,6H,1-2H3;;/q;+1;-1/b5-3-;;. The van der Waals surface area contributed by atoms with Gasteiger partial charge in [0.15, 0.2) is 11.5 Å². The molecule has 0 heterocycles. The molecular weight excluding hydrogens is 131 g/mol. The molecule has 0 rings (SSSR count). The van der Waals surface area contributed by atoms with E-state index in [0.717, 1.165) is 0 Å². The fraction of sp³-hybridized carbons (Fsp3) is 0.400. The number of methoxy groups -OCH3 is 1. The van der Waals surface area contributed by atoms with E-state index in [1.165, 1.54) is 14.0 Å². The quantitative estimate of drug-likeness (QED) is 0.267. The Labute approximate surface area is 77.5 Å². The summed E-state index contributed by atoms with van der Waals surface area (Å²) in [6, 6.07) is 0. The molecule has 0 aromatic heterocycles.